The Morgan fingerprint density at radius 1 is 1.33 bits per heavy atom. The minimum Gasteiger partial charge on any atom is -0.481 e. The van der Waals surface area contributed by atoms with Crippen molar-refractivity contribution in [2.75, 3.05) is 27.7 Å². The fraction of sp³-hybridized carbons (Fsp3) is 0.643. The predicted molar refractivity (Wildman–Crippen MR) is 74.8 cm³/mol. The Morgan fingerprint density at radius 2 is 2.06 bits per heavy atom. The number of hydrogen-bond acceptors (Lipinski definition) is 4. The van der Waals surface area contributed by atoms with Gasteiger partial charge in [-0.2, -0.15) is 0 Å². The van der Waals surface area contributed by atoms with Crippen LogP contribution in [0.1, 0.15) is 19.5 Å². The Kier molecular flexibility index (Phi) is 6.09. The Balaban J connectivity index is 2.44. The zero-order valence-electron chi connectivity index (χ0n) is 12.1. The summed E-state index contributed by atoms with van der Waals surface area (Å²) in [6.07, 6.45) is 0. The van der Waals surface area contributed by atoms with Crippen molar-refractivity contribution in [3.63, 3.8) is 0 Å². The van der Waals surface area contributed by atoms with Crippen LogP contribution >= 0.6 is 0 Å². The summed E-state index contributed by atoms with van der Waals surface area (Å²) in [4.78, 5) is 6.64. The molecule has 1 N–H and O–H groups in total. The van der Waals surface area contributed by atoms with Gasteiger partial charge in [0, 0.05) is 25.2 Å². The second kappa shape index (κ2) is 7.34. The molecule has 102 valence electrons. The van der Waals surface area contributed by atoms with Crippen LogP contribution in [-0.2, 0) is 6.54 Å². The Hall–Kier alpha value is -1.13. The van der Waals surface area contributed by atoms with Crippen molar-refractivity contribution in [3.05, 3.63) is 23.9 Å². The lowest BCUT2D eigenvalue weighted by Crippen LogP contribution is -2.41. The second-order valence-electron chi connectivity index (χ2n) is 5.08. The van der Waals surface area contributed by atoms with Crippen molar-refractivity contribution in [1.82, 2.24) is 15.2 Å². The molecule has 0 aromatic carbocycles. The van der Waals surface area contributed by atoms with E-state index in [0.29, 0.717) is 17.8 Å². The van der Waals surface area contributed by atoms with Crippen LogP contribution in [0.3, 0.4) is 0 Å². The van der Waals surface area contributed by atoms with E-state index in [0.717, 1.165) is 18.8 Å². The van der Waals surface area contributed by atoms with Crippen molar-refractivity contribution < 1.29 is 4.74 Å². The number of hydrogen-bond donors (Lipinski definition) is 1. The zero-order valence-corrected chi connectivity index (χ0v) is 12.1. The lowest BCUT2D eigenvalue weighted by molar-refractivity contribution is 0.224. The van der Waals surface area contributed by atoms with Crippen LogP contribution in [-0.4, -0.2) is 43.7 Å². The van der Waals surface area contributed by atoms with Crippen LogP contribution in [0.25, 0.3) is 0 Å². The summed E-state index contributed by atoms with van der Waals surface area (Å²) in [5.41, 5.74) is 1.01. The Labute approximate surface area is 110 Å². The highest BCUT2D eigenvalue weighted by molar-refractivity contribution is 5.15. The molecule has 18 heavy (non-hydrogen) atoms. The zero-order chi connectivity index (χ0) is 13.5. The first kappa shape index (κ1) is 14.9. The van der Waals surface area contributed by atoms with Crippen molar-refractivity contribution in [3.8, 4) is 5.88 Å². The van der Waals surface area contributed by atoms with Gasteiger partial charge in [-0.25, -0.2) is 4.98 Å². The molecule has 1 rings (SSSR count). The van der Waals surface area contributed by atoms with Gasteiger partial charge in [-0.3, -0.25) is 0 Å². The third kappa shape index (κ3) is 4.63. The highest BCUT2D eigenvalue weighted by atomic mass is 16.5. The third-order valence-electron chi connectivity index (χ3n) is 3.08. The van der Waals surface area contributed by atoms with E-state index < -0.39 is 0 Å². The van der Waals surface area contributed by atoms with E-state index in [2.05, 4.69) is 43.1 Å². The molecule has 1 unspecified atom stereocenters. The molecule has 0 fully saturated rings. The van der Waals surface area contributed by atoms with E-state index in [1.807, 2.05) is 18.2 Å². The molecule has 0 aliphatic heterocycles. The summed E-state index contributed by atoms with van der Waals surface area (Å²) >= 11 is 0. The van der Waals surface area contributed by atoms with Gasteiger partial charge >= 0.3 is 0 Å². The Morgan fingerprint density at radius 3 is 2.61 bits per heavy atom. The molecule has 0 aliphatic rings. The summed E-state index contributed by atoms with van der Waals surface area (Å²) < 4.78 is 5.11. The molecule has 0 spiro atoms. The first-order chi connectivity index (χ1) is 8.54. The van der Waals surface area contributed by atoms with Crippen molar-refractivity contribution in [1.29, 1.82) is 0 Å². The average molecular weight is 251 g/mol. The monoisotopic (exact) mass is 251 g/mol. The topological polar surface area (TPSA) is 37.4 Å². The number of pyridine rings is 1. The fourth-order valence-electron chi connectivity index (χ4n) is 2.03. The fourth-order valence-corrected chi connectivity index (χ4v) is 2.03. The number of rotatable bonds is 7. The molecule has 0 saturated carbocycles. The molecule has 1 heterocycles. The van der Waals surface area contributed by atoms with E-state index in [4.69, 9.17) is 4.74 Å². The molecule has 4 nitrogen and oxygen atoms in total. The molecule has 4 heteroatoms. The minimum atomic E-state index is 0.538. The molecule has 0 amide bonds. The Bertz CT molecular complexity index is 345. The summed E-state index contributed by atoms with van der Waals surface area (Å²) in [5, 5.41) is 3.46. The number of nitrogens with one attached hydrogen (secondary N) is 1. The summed E-state index contributed by atoms with van der Waals surface area (Å²) in [6.45, 7) is 6.23. The van der Waals surface area contributed by atoms with E-state index in [-0.39, 0.29) is 0 Å². The molecular formula is C14H25N3O. The lowest BCUT2D eigenvalue weighted by Gasteiger charge is -2.28. The summed E-state index contributed by atoms with van der Waals surface area (Å²) in [7, 11) is 5.88. The van der Waals surface area contributed by atoms with Gasteiger partial charge in [0.25, 0.3) is 0 Å². The highest BCUT2D eigenvalue weighted by Gasteiger charge is 2.14. The molecular weight excluding hydrogens is 226 g/mol. The third-order valence-corrected chi connectivity index (χ3v) is 3.08. The van der Waals surface area contributed by atoms with Crippen molar-refractivity contribution in [2.45, 2.75) is 26.4 Å². The van der Waals surface area contributed by atoms with Gasteiger partial charge in [0.1, 0.15) is 0 Å². The minimum absolute atomic E-state index is 0.538. The van der Waals surface area contributed by atoms with Crippen molar-refractivity contribution >= 4 is 0 Å². The van der Waals surface area contributed by atoms with Crippen molar-refractivity contribution in [2.24, 2.45) is 5.92 Å². The number of ether oxygens (including phenoxy) is 1. The van der Waals surface area contributed by atoms with E-state index in [1.165, 1.54) is 0 Å². The number of nitrogens with zero attached hydrogens (tertiary/aromatic N) is 2. The van der Waals surface area contributed by atoms with E-state index >= 15 is 0 Å². The average Bonchev–Trinajstić information content (AvgIpc) is 2.34. The van der Waals surface area contributed by atoms with Gasteiger partial charge in [-0.05, 0) is 26.1 Å². The van der Waals surface area contributed by atoms with E-state index in [9.17, 15) is 0 Å². The van der Waals surface area contributed by atoms with Crippen LogP contribution < -0.4 is 10.1 Å². The number of aromatic nitrogens is 1. The molecule has 1 atom stereocenters. The molecule has 1 aromatic rings. The quantitative estimate of drug-likeness (QED) is 0.801. The normalized spacial score (nSPS) is 13.1. The molecule has 1 aromatic heterocycles. The number of likely N-dealkylation sites (N-methyl/N-ethyl adjacent to an activating group) is 1. The lowest BCUT2D eigenvalue weighted by atomic mass is 10.0. The van der Waals surface area contributed by atoms with Gasteiger partial charge in [-0.15, -0.1) is 0 Å². The molecule has 0 aliphatic carbocycles. The molecule has 0 bridgehead atoms. The van der Waals surface area contributed by atoms with Gasteiger partial charge in [-0.1, -0.05) is 19.9 Å². The van der Waals surface area contributed by atoms with Gasteiger partial charge in [0.15, 0.2) is 0 Å². The maximum absolute atomic E-state index is 5.11. The predicted octanol–water partition coefficient (Wildman–Crippen LogP) is 1.77. The van der Waals surface area contributed by atoms with E-state index in [1.54, 1.807) is 7.11 Å². The largest absolute Gasteiger partial charge is 0.481 e. The van der Waals surface area contributed by atoms with Crippen LogP contribution in [0.5, 0.6) is 5.88 Å². The number of methoxy groups -OCH3 is 1. The first-order valence-corrected chi connectivity index (χ1v) is 6.41. The summed E-state index contributed by atoms with van der Waals surface area (Å²) in [6, 6.07) is 6.38. The standard InChI is InChI=1S/C14H25N3O/c1-11(2)13(17(3)4)10-15-9-12-7-6-8-14(16-12)18-5/h6-8,11,13,15H,9-10H2,1-5H3. The van der Waals surface area contributed by atoms with Gasteiger partial charge in [0.2, 0.25) is 5.88 Å². The maximum Gasteiger partial charge on any atom is 0.213 e. The smallest absolute Gasteiger partial charge is 0.213 e. The highest BCUT2D eigenvalue weighted by Crippen LogP contribution is 2.08. The summed E-state index contributed by atoms with van der Waals surface area (Å²) in [5.74, 6) is 1.30. The van der Waals surface area contributed by atoms with Gasteiger partial charge < -0.3 is 15.0 Å². The van der Waals surface area contributed by atoms with Crippen LogP contribution in [0.15, 0.2) is 18.2 Å². The van der Waals surface area contributed by atoms with Crippen LogP contribution in [0, 0.1) is 5.92 Å². The van der Waals surface area contributed by atoms with Crippen LogP contribution in [0.4, 0.5) is 0 Å². The van der Waals surface area contributed by atoms with Crippen LogP contribution in [0.2, 0.25) is 0 Å². The molecule has 0 saturated heterocycles. The van der Waals surface area contributed by atoms with Gasteiger partial charge in [0.05, 0.1) is 12.8 Å². The maximum atomic E-state index is 5.11. The molecule has 0 radical (unpaired) electrons. The second-order valence-corrected chi connectivity index (χ2v) is 5.08. The first-order valence-electron chi connectivity index (χ1n) is 6.41. The SMILES string of the molecule is COc1cccc(CNCC(C(C)C)N(C)C)n1.